The zero-order valence-electron chi connectivity index (χ0n) is 21.3. The van der Waals surface area contributed by atoms with Crippen LogP contribution < -0.4 is 9.62 Å². The molecule has 0 spiro atoms. The predicted octanol–water partition coefficient (Wildman–Crippen LogP) is 4.44. The van der Waals surface area contributed by atoms with Crippen molar-refractivity contribution in [3.63, 3.8) is 0 Å². The Kier molecular flexibility index (Phi) is 10.2. The molecule has 1 N–H and O–H groups in total. The van der Waals surface area contributed by atoms with Crippen molar-refractivity contribution in [2.24, 2.45) is 0 Å². The van der Waals surface area contributed by atoms with E-state index in [1.165, 1.54) is 9.21 Å². The van der Waals surface area contributed by atoms with Crippen molar-refractivity contribution >= 4 is 39.1 Å². The molecule has 0 heterocycles. The highest BCUT2D eigenvalue weighted by Gasteiger charge is 2.27. The normalized spacial score (nSPS) is 12.3. The van der Waals surface area contributed by atoms with Crippen LogP contribution >= 0.6 is 11.6 Å². The SMILES string of the molecule is Cc1cc(C)cc(N(CCCC(=O)N(Cc2ccccc2Cl)[C@@H](C)C(=O)NC(C)C)S(C)(=O)=O)c1. The number of anilines is 1. The first kappa shape index (κ1) is 28.7. The lowest BCUT2D eigenvalue weighted by Crippen LogP contribution is -2.49. The minimum atomic E-state index is -3.54. The lowest BCUT2D eigenvalue weighted by atomic mass is 10.1. The molecule has 0 fully saturated rings. The van der Waals surface area contributed by atoms with E-state index in [9.17, 15) is 18.0 Å². The molecule has 7 nitrogen and oxygen atoms in total. The van der Waals surface area contributed by atoms with Gasteiger partial charge in [-0.3, -0.25) is 13.9 Å². The number of aryl methyl sites for hydroxylation is 2. The molecule has 2 aromatic carbocycles. The second kappa shape index (κ2) is 12.4. The van der Waals surface area contributed by atoms with Gasteiger partial charge in [0.1, 0.15) is 6.04 Å². The van der Waals surface area contributed by atoms with Crippen molar-refractivity contribution in [1.82, 2.24) is 10.2 Å². The van der Waals surface area contributed by atoms with Gasteiger partial charge in [0, 0.05) is 30.6 Å². The molecule has 2 amide bonds. The number of carbonyl (C=O) groups is 2. The number of sulfonamides is 1. The third kappa shape index (κ3) is 8.54. The fourth-order valence-electron chi connectivity index (χ4n) is 3.90. The van der Waals surface area contributed by atoms with Gasteiger partial charge in [0.2, 0.25) is 21.8 Å². The van der Waals surface area contributed by atoms with E-state index in [2.05, 4.69) is 5.32 Å². The van der Waals surface area contributed by atoms with Gasteiger partial charge in [-0.05, 0) is 75.9 Å². The fourth-order valence-corrected chi connectivity index (χ4v) is 5.04. The quantitative estimate of drug-likeness (QED) is 0.473. The zero-order chi connectivity index (χ0) is 26.3. The van der Waals surface area contributed by atoms with Crippen LogP contribution in [0.15, 0.2) is 42.5 Å². The topological polar surface area (TPSA) is 86.8 Å². The molecule has 2 aromatic rings. The molecular formula is C26H36ClN3O4S. The minimum Gasteiger partial charge on any atom is -0.352 e. The standard InChI is InChI=1S/C26H36ClN3O4S/c1-18(2)28-26(32)21(5)29(17-22-10-7-8-11-24(22)27)25(31)12-9-13-30(35(6,33)34)23-15-19(3)14-20(4)16-23/h7-8,10-11,14-16,18,21H,9,12-13,17H2,1-6H3,(H,28,32)/t21-/m0/s1. The molecule has 192 valence electrons. The average molecular weight is 522 g/mol. The molecular weight excluding hydrogens is 486 g/mol. The molecule has 0 aliphatic heterocycles. The molecule has 2 rings (SSSR count). The highest BCUT2D eigenvalue weighted by Crippen LogP contribution is 2.23. The Balaban J connectivity index is 2.21. The van der Waals surface area contributed by atoms with Gasteiger partial charge in [-0.15, -0.1) is 0 Å². The maximum atomic E-state index is 13.3. The van der Waals surface area contributed by atoms with E-state index in [4.69, 9.17) is 11.6 Å². The Morgan fingerprint density at radius 2 is 1.63 bits per heavy atom. The summed E-state index contributed by atoms with van der Waals surface area (Å²) < 4.78 is 26.3. The summed E-state index contributed by atoms with van der Waals surface area (Å²) in [5.41, 5.74) is 3.23. The molecule has 0 unspecified atom stereocenters. The van der Waals surface area contributed by atoms with E-state index < -0.39 is 16.1 Å². The number of nitrogens with one attached hydrogen (secondary N) is 1. The van der Waals surface area contributed by atoms with E-state index in [0.717, 1.165) is 22.9 Å². The Morgan fingerprint density at radius 3 is 2.17 bits per heavy atom. The monoisotopic (exact) mass is 521 g/mol. The highest BCUT2D eigenvalue weighted by atomic mass is 35.5. The second-order valence-electron chi connectivity index (χ2n) is 9.24. The first-order valence-electron chi connectivity index (χ1n) is 11.7. The van der Waals surface area contributed by atoms with Gasteiger partial charge in [0.05, 0.1) is 11.9 Å². The predicted molar refractivity (Wildman–Crippen MR) is 142 cm³/mol. The van der Waals surface area contributed by atoms with Gasteiger partial charge in [-0.25, -0.2) is 8.42 Å². The molecule has 1 atom stereocenters. The molecule has 0 saturated heterocycles. The van der Waals surface area contributed by atoms with Crippen molar-refractivity contribution in [2.45, 2.75) is 66.1 Å². The van der Waals surface area contributed by atoms with Crippen LogP contribution in [-0.2, 0) is 26.2 Å². The summed E-state index contributed by atoms with van der Waals surface area (Å²) in [7, 11) is -3.54. The van der Waals surface area contributed by atoms with Gasteiger partial charge in [-0.1, -0.05) is 35.9 Å². The van der Waals surface area contributed by atoms with Gasteiger partial charge < -0.3 is 10.2 Å². The summed E-state index contributed by atoms with van der Waals surface area (Å²) in [6, 6.07) is 12.0. The van der Waals surface area contributed by atoms with Crippen LogP contribution in [0.4, 0.5) is 5.69 Å². The minimum absolute atomic E-state index is 0.0664. The molecule has 0 radical (unpaired) electrons. The lowest BCUT2D eigenvalue weighted by molar-refractivity contribution is -0.140. The molecule has 9 heteroatoms. The average Bonchev–Trinajstić information content (AvgIpc) is 2.73. The van der Waals surface area contributed by atoms with Crippen LogP contribution in [0.5, 0.6) is 0 Å². The van der Waals surface area contributed by atoms with Gasteiger partial charge in [0.15, 0.2) is 0 Å². The summed E-state index contributed by atoms with van der Waals surface area (Å²) in [5.74, 6) is -0.501. The Labute approximate surface area is 214 Å². The van der Waals surface area contributed by atoms with Crippen molar-refractivity contribution in [3.8, 4) is 0 Å². The molecule has 0 aromatic heterocycles. The maximum absolute atomic E-state index is 13.3. The lowest BCUT2D eigenvalue weighted by Gasteiger charge is -2.30. The number of benzene rings is 2. The molecule has 0 aliphatic carbocycles. The second-order valence-corrected chi connectivity index (χ2v) is 11.6. The molecule has 35 heavy (non-hydrogen) atoms. The third-order valence-corrected chi connectivity index (χ3v) is 7.11. The van der Waals surface area contributed by atoms with Crippen molar-refractivity contribution < 1.29 is 18.0 Å². The number of nitrogens with zero attached hydrogens (tertiary/aromatic N) is 2. The van der Waals surface area contributed by atoms with Gasteiger partial charge >= 0.3 is 0 Å². The number of amides is 2. The Bertz CT molecular complexity index is 1130. The third-order valence-electron chi connectivity index (χ3n) is 5.54. The molecule has 0 bridgehead atoms. The number of hydrogen-bond acceptors (Lipinski definition) is 4. The number of hydrogen-bond donors (Lipinski definition) is 1. The van der Waals surface area contributed by atoms with Crippen molar-refractivity contribution in [1.29, 1.82) is 0 Å². The van der Waals surface area contributed by atoms with Crippen molar-refractivity contribution in [2.75, 3.05) is 17.1 Å². The first-order chi connectivity index (χ1) is 16.3. The summed E-state index contributed by atoms with van der Waals surface area (Å²) in [4.78, 5) is 27.5. The summed E-state index contributed by atoms with van der Waals surface area (Å²) in [6.07, 6.45) is 1.55. The number of carbonyl (C=O) groups excluding carboxylic acids is 2. The van der Waals surface area contributed by atoms with Crippen LogP contribution in [-0.4, -0.2) is 50.0 Å². The molecule has 0 aliphatic rings. The van der Waals surface area contributed by atoms with Crippen LogP contribution in [0.3, 0.4) is 0 Å². The Morgan fingerprint density at radius 1 is 1.03 bits per heavy atom. The van der Waals surface area contributed by atoms with Crippen LogP contribution in [0.25, 0.3) is 0 Å². The van der Waals surface area contributed by atoms with E-state index >= 15 is 0 Å². The van der Waals surface area contributed by atoms with Crippen molar-refractivity contribution in [3.05, 3.63) is 64.2 Å². The summed E-state index contributed by atoms with van der Waals surface area (Å²) in [6.45, 7) is 9.56. The highest BCUT2D eigenvalue weighted by molar-refractivity contribution is 7.92. The zero-order valence-corrected chi connectivity index (χ0v) is 22.9. The summed E-state index contributed by atoms with van der Waals surface area (Å²) >= 11 is 6.32. The maximum Gasteiger partial charge on any atom is 0.242 e. The largest absolute Gasteiger partial charge is 0.352 e. The fraction of sp³-hybridized carbons (Fsp3) is 0.462. The number of rotatable bonds is 11. The van der Waals surface area contributed by atoms with Crippen LogP contribution in [0, 0.1) is 13.8 Å². The first-order valence-corrected chi connectivity index (χ1v) is 13.9. The van der Waals surface area contributed by atoms with Gasteiger partial charge in [-0.2, -0.15) is 0 Å². The number of halogens is 1. The van der Waals surface area contributed by atoms with E-state index in [0.29, 0.717) is 17.1 Å². The van der Waals surface area contributed by atoms with E-state index in [1.54, 1.807) is 19.1 Å². The van der Waals surface area contributed by atoms with E-state index in [-0.39, 0.29) is 37.4 Å². The van der Waals surface area contributed by atoms with Crippen LogP contribution in [0.1, 0.15) is 50.3 Å². The Hall–Kier alpha value is -2.58. The van der Waals surface area contributed by atoms with Crippen LogP contribution in [0.2, 0.25) is 5.02 Å². The smallest absolute Gasteiger partial charge is 0.242 e. The molecule has 0 saturated carbocycles. The summed E-state index contributed by atoms with van der Waals surface area (Å²) in [5, 5.41) is 3.36. The van der Waals surface area contributed by atoms with Gasteiger partial charge in [0.25, 0.3) is 0 Å². The van der Waals surface area contributed by atoms with E-state index in [1.807, 2.05) is 58.0 Å².